The molecule has 1 aromatic rings. The van der Waals surface area contributed by atoms with Crippen LogP contribution in [-0.2, 0) is 4.79 Å². The van der Waals surface area contributed by atoms with Gasteiger partial charge in [-0.1, -0.05) is 18.5 Å². The van der Waals surface area contributed by atoms with Crippen LogP contribution >= 0.6 is 11.6 Å². The number of carbonyl (C=O) groups is 2. The summed E-state index contributed by atoms with van der Waals surface area (Å²) in [4.78, 5) is 35.3. The van der Waals surface area contributed by atoms with E-state index >= 15 is 0 Å². The zero-order chi connectivity index (χ0) is 15.7. The molecule has 0 bridgehead atoms. The zero-order valence-corrected chi connectivity index (χ0v) is 11.9. The summed E-state index contributed by atoms with van der Waals surface area (Å²) in [6.45, 7) is 1.99. The number of likely N-dealkylation sites (tertiary alicyclic amines) is 1. The van der Waals surface area contributed by atoms with Crippen LogP contribution in [-0.4, -0.2) is 39.4 Å². The Morgan fingerprint density at radius 3 is 2.71 bits per heavy atom. The molecule has 8 heteroatoms. The molecule has 0 spiro atoms. The van der Waals surface area contributed by atoms with Gasteiger partial charge >= 0.3 is 5.97 Å². The van der Waals surface area contributed by atoms with E-state index in [0.717, 1.165) is 11.0 Å². The maximum atomic E-state index is 12.5. The normalized spacial score (nSPS) is 21.3. The smallest absolute Gasteiger partial charge is 0.326 e. The van der Waals surface area contributed by atoms with E-state index in [0.29, 0.717) is 6.42 Å². The van der Waals surface area contributed by atoms with E-state index in [2.05, 4.69) is 0 Å². The molecule has 1 amide bonds. The Labute approximate surface area is 125 Å². The number of nitrogens with zero attached hydrogens (tertiary/aromatic N) is 2. The van der Waals surface area contributed by atoms with Gasteiger partial charge in [-0.3, -0.25) is 14.9 Å². The molecule has 112 valence electrons. The molecule has 1 heterocycles. The molecule has 1 N–H and O–H groups in total. The van der Waals surface area contributed by atoms with E-state index < -0.39 is 22.8 Å². The molecule has 1 aliphatic heterocycles. The molecule has 0 saturated carbocycles. The summed E-state index contributed by atoms with van der Waals surface area (Å²) in [7, 11) is 0. The van der Waals surface area contributed by atoms with Gasteiger partial charge in [0.25, 0.3) is 11.6 Å². The minimum atomic E-state index is -1.11. The fourth-order valence-electron chi connectivity index (χ4n) is 2.54. The maximum Gasteiger partial charge on any atom is 0.326 e. The molecule has 1 aromatic carbocycles. The van der Waals surface area contributed by atoms with Gasteiger partial charge in [-0.2, -0.15) is 0 Å². The Morgan fingerprint density at radius 1 is 1.48 bits per heavy atom. The summed E-state index contributed by atoms with van der Waals surface area (Å²) in [5.41, 5.74) is -0.569. The van der Waals surface area contributed by atoms with Crippen LogP contribution in [0.15, 0.2) is 18.2 Å². The Hall–Kier alpha value is -2.15. The van der Waals surface area contributed by atoms with Crippen LogP contribution in [0.5, 0.6) is 0 Å². The van der Waals surface area contributed by atoms with Crippen molar-refractivity contribution in [3.8, 4) is 0 Å². The highest BCUT2D eigenvalue weighted by Gasteiger charge is 2.41. The third-order valence-electron chi connectivity index (χ3n) is 3.60. The van der Waals surface area contributed by atoms with Gasteiger partial charge in [0.15, 0.2) is 0 Å². The van der Waals surface area contributed by atoms with Crippen molar-refractivity contribution < 1.29 is 19.6 Å². The highest BCUT2D eigenvalue weighted by Crippen LogP contribution is 2.30. The van der Waals surface area contributed by atoms with Crippen LogP contribution in [0.3, 0.4) is 0 Å². The van der Waals surface area contributed by atoms with Gasteiger partial charge in [0.1, 0.15) is 11.6 Å². The average molecular weight is 313 g/mol. The standard InChI is InChI=1S/C13H13ClN2O5/c1-7-4-5-15(11(7)13(18)19)12(17)9-6-8(14)2-3-10(9)16(20)21/h2-3,6-7,11H,4-5H2,1H3,(H,18,19). The lowest BCUT2D eigenvalue weighted by molar-refractivity contribution is -0.385. The second kappa shape index (κ2) is 5.69. The number of halogens is 1. The number of rotatable bonds is 3. The molecule has 1 saturated heterocycles. The van der Waals surface area contributed by atoms with Gasteiger partial charge in [0.05, 0.1) is 4.92 Å². The van der Waals surface area contributed by atoms with Gasteiger partial charge in [-0.25, -0.2) is 4.79 Å². The highest BCUT2D eigenvalue weighted by molar-refractivity contribution is 6.31. The highest BCUT2D eigenvalue weighted by atomic mass is 35.5. The number of carboxylic acid groups (broad SMARTS) is 1. The van der Waals surface area contributed by atoms with Crippen molar-refractivity contribution >= 4 is 29.2 Å². The number of hydrogen-bond acceptors (Lipinski definition) is 4. The molecule has 2 rings (SSSR count). The first-order chi connectivity index (χ1) is 9.82. The topological polar surface area (TPSA) is 101 Å². The molecule has 0 aromatic heterocycles. The second-order valence-corrected chi connectivity index (χ2v) is 5.40. The molecular weight excluding hydrogens is 300 g/mol. The number of carboxylic acids is 1. The number of amides is 1. The molecule has 1 aliphatic rings. The Morgan fingerprint density at radius 2 is 2.14 bits per heavy atom. The summed E-state index contributed by atoms with van der Waals surface area (Å²) in [6.07, 6.45) is 0.539. The number of carbonyl (C=O) groups excluding carboxylic acids is 1. The van der Waals surface area contributed by atoms with E-state index in [4.69, 9.17) is 11.6 Å². The van der Waals surface area contributed by atoms with E-state index in [9.17, 15) is 24.8 Å². The van der Waals surface area contributed by atoms with Gasteiger partial charge < -0.3 is 10.0 Å². The number of hydrogen-bond donors (Lipinski definition) is 1. The largest absolute Gasteiger partial charge is 0.480 e. The monoisotopic (exact) mass is 312 g/mol. The van der Waals surface area contributed by atoms with Crippen LogP contribution in [0, 0.1) is 16.0 Å². The molecule has 2 atom stereocenters. The summed E-state index contributed by atoms with van der Waals surface area (Å²) >= 11 is 5.79. The van der Waals surface area contributed by atoms with Crippen LogP contribution < -0.4 is 0 Å². The first-order valence-corrected chi connectivity index (χ1v) is 6.68. The van der Waals surface area contributed by atoms with Crippen LogP contribution in [0.1, 0.15) is 23.7 Å². The number of benzene rings is 1. The van der Waals surface area contributed by atoms with Crippen molar-refractivity contribution in [2.24, 2.45) is 5.92 Å². The third-order valence-corrected chi connectivity index (χ3v) is 3.83. The maximum absolute atomic E-state index is 12.5. The number of nitro benzene ring substituents is 1. The van der Waals surface area contributed by atoms with Crippen molar-refractivity contribution in [3.05, 3.63) is 38.9 Å². The van der Waals surface area contributed by atoms with E-state index in [1.54, 1.807) is 6.92 Å². The van der Waals surface area contributed by atoms with Crippen molar-refractivity contribution in [2.45, 2.75) is 19.4 Å². The minimum absolute atomic E-state index is 0.183. The average Bonchev–Trinajstić information content (AvgIpc) is 2.79. The fourth-order valence-corrected chi connectivity index (χ4v) is 2.72. The van der Waals surface area contributed by atoms with E-state index in [-0.39, 0.29) is 28.7 Å². The lowest BCUT2D eigenvalue weighted by Gasteiger charge is -2.23. The molecule has 0 aliphatic carbocycles. The molecular formula is C13H13ClN2O5. The van der Waals surface area contributed by atoms with Gasteiger partial charge in [-0.15, -0.1) is 0 Å². The molecule has 0 radical (unpaired) electrons. The molecule has 7 nitrogen and oxygen atoms in total. The molecule has 2 unspecified atom stereocenters. The quantitative estimate of drug-likeness (QED) is 0.681. The molecule has 21 heavy (non-hydrogen) atoms. The van der Waals surface area contributed by atoms with Crippen LogP contribution in [0.25, 0.3) is 0 Å². The van der Waals surface area contributed by atoms with Crippen molar-refractivity contribution in [1.29, 1.82) is 0 Å². The predicted octanol–water partition coefficient (Wildman–Crippen LogP) is 2.18. The summed E-state index contributed by atoms with van der Waals surface area (Å²) < 4.78 is 0. The van der Waals surface area contributed by atoms with Gasteiger partial charge in [0, 0.05) is 17.6 Å². The summed E-state index contributed by atoms with van der Waals surface area (Å²) in [5, 5.41) is 20.4. The van der Waals surface area contributed by atoms with Crippen LogP contribution in [0.4, 0.5) is 5.69 Å². The second-order valence-electron chi connectivity index (χ2n) is 4.97. The Balaban J connectivity index is 2.42. The first-order valence-electron chi connectivity index (χ1n) is 6.30. The summed E-state index contributed by atoms with van der Waals surface area (Å²) in [6, 6.07) is 2.68. The Kier molecular flexibility index (Phi) is 4.13. The lowest BCUT2D eigenvalue weighted by Crippen LogP contribution is -2.42. The van der Waals surface area contributed by atoms with Crippen molar-refractivity contribution in [3.63, 3.8) is 0 Å². The lowest BCUT2D eigenvalue weighted by atomic mass is 10.0. The van der Waals surface area contributed by atoms with E-state index in [1.165, 1.54) is 12.1 Å². The number of nitro groups is 1. The summed E-state index contributed by atoms with van der Waals surface area (Å²) in [5.74, 6) is -2.00. The minimum Gasteiger partial charge on any atom is -0.480 e. The third kappa shape index (κ3) is 2.82. The predicted molar refractivity (Wildman–Crippen MR) is 74.3 cm³/mol. The van der Waals surface area contributed by atoms with Crippen LogP contribution in [0.2, 0.25) is 5.02 Å². The van der Waals surface area contributed by atoms with Gasteiger partial charge in [-0.05, 0) is 24.5 Å². The van der Waals surface area contributed by atoms with Crippen molar-refractivity contribution in [2.75, 3.05) is 6.54 Å². The SMILES string of the molecule is CC1CCN(C(=O)c2cc(Cl)ccc2[N+](=O)[O-])C1C(=O)O. The van der Waals surface area contributed by atoms with Crippen molar-refractivity contribution in [1.82, 2.24) is 4.90 Å². The fraction of sp³-hybridized carbons (Fsp3) is 0.385. The number of aliphatic carboxylic acids is 1. The molecule has 1 fully saturated rings. The van der Waals surface area contributed by atoms with E-state index in [1.807, 2.05) is 0 Å². The van der Waals surface area contributed by atoms with Gasteiger partial charge in [0.2, 0.25) is 0 Å². The zero-order valence-electron chi connectivity index (χ0n) is 11.2. The first kappa shape index (κ1) is 15.2. The Bertz CT molecular complexity index is 619.